The van der Waals surface area contributed by atoms with E-state index in [1.165, 1.54) is 19.1 Å². The van der Waals surface area contributed by atoms with Crippen LogP contribution >= 0.6 is 11.6 Å². The number of nitrogen functional groups attached to an aromatic ring is 1. The third-order valence-electron chi connectivity index (χ3n) is 2.64. The summed E-state index contributed by atoms with van der Waals surface area (Å²) in [4.78, 5) is 3.11. The van der Waals surface area contributed by atoms with E-state index < -0.39 is 32.2 Å². The lowest BCUT2D eigenvalue weighted by Gasteiger charge is -2.11. The number of hydrogen-bond acceptors (Lipinski definition) is 4. The number of aromatic nitrogens is 1. The number of nitrogens with one attached hydrogen (secondary N) is 1. The van der Waals surface area contributed by atoms with Crippen molar-refractivity contribution in [3.05, 3.63) is 46.7 Å². The third-order valence-corrected chi connectivity index (χ3v) is 4.23. The number of pyridine rings is 1. The highest BCUT2D eigenvalue weighted by molar-refractivity contribution is 7.92. The van der Waals surface area contributed by atoms with Crippen LogP contribution < -0.4 is 10.5 Å². The molecule has 1 heterocycles. The second-order valence-corrected chi connectivity index (χ2v) is 6.21. The Morgan fingerprint density at radius 2 is 1.90 bits per heavy atom. The van der Waals surface area contributed by atoms with Gasteiger partial charge in [-0.25, -0.2) is 22.2 Å². The Bertz CT molecular complexity index is 812. The number of halogens is 3. The fraction of sp³-hybridized carbons (Fsp3) is 0.0833. The first-order chi connectivity index (χ1) is 9.70. The minimum Gasteiger partial charge on any atom is -0.396 e. The SMILES string of the molecule is Cc1nc(Cl)ccc1NS(=O)(=O)c1cc(N)c(F)cc1F. The van der Waals surface area contributed by atoms with E-state index in [0.29, 0.717) is 17.8 Å². The molecule has 1 aromatic carbocycles. The predicted octanol–water partition coefficient (Wildman–Crippen LogP) is 2.70. The summed E-state index contributed by atoms with van der Waals surface area (Å²) in [6.07, 6.45) is 0. The van der Waals surface area contributed by atoms with Crippen molar-refractivity contribution in [3.63, 3.8) is 0 Å². The topological polar surface area (TPSA) is 85.1 Å². The Balaban J connectivity index is 2.46. The molecule has 0 spiro atoms. The molecule has 2 aromatic rings. The molecule has 0 radical (unpaired) electrons. The molecule has 0 unspecified atom stereocenters. The molecule has 0 aliphatic carbocycles. The number of nitrogens with zero attached hydrogens (tertiary/aromatic N) is 1. The van der Waals surface area contributed by atoms with E-state index in [1.54, 1.807) is 0 Å². The summed E-state index contributed by atoms with van der Waals surface area (Å²) < 4.78 is 53.1. The summed E-state index contributed by atoms with van der Waals surface area (Å²) in [7, 11) is -4.27. The molecule has 5 nitrogen and oxygen atoms in total. The Morgan fingerprint density at radius 3 is 2.52 bits per heavy atom. The molecule has 0 amide bonds. The van der Waals surface area contributed by atoms with E-state index in [1.807, 2.05) is 0 Å². The molecule has 3 N–H and O–H groups in total. The van der Waals surface area contributed by atoms with Crippen molar-refractivity contribution < 1.29 is 17.2 Å². The summed E-state index contributed by atoms with van der Waals surface area (Å²) >= 11 is 5.66. The quantitative estimate of drug-likeness (QED) is 0.668. The van der Waals surface area contributed by atoms with Crippen molar-refractivity contribution >= 4 is 33.0 Å². The first-order valence-electron chi connectivity index (χ1n) is 5.61. The highest BCUT2D eigenvalue weighted by Crippen LogP contribution is 2.24. The van der Waals surface area contributed by atoms with E-state index in [9.17, 15) is 17.2 Å². The Kier molecular flexibility index (Phi) is 4.02. The van der Waals surface area contributed by atoms with Crippen molar-refractivity contribution in [2.75, 3.05) is 10.5 Å². The van der Waals surface area contributed by atoms with Crippen LogP contribution in [0.15, 0.2) is 29.2 Å². The lowest BCUT2D eigenvalue weighted by Crippen LogP contribution is -2.16. The number of aryl methyl sites for hydroxylation is 1. The maximum Gasteiger partial charge on any atom is 0.264 e. The molecule has 0 saturated heterocycles. The van der Waals surface area contributed by atoms with Crippen molar-refractivity contribution in [2.45, 2.75) is 11.8 Å². The maximum atomic E-state index is 13.6. The van der Waals surface area contributed by atoms with Crippen LogP contribution in [-0.2, 0) is 10.0 Å². The Labute approximate surface area is 124 Å². The van der Waals surface area contributed by atoms with Gasteiger partial charge in [0.15, 0.2) is 0 Å². The number of sulfonamides is 1. The lowest BCUT2D eigenvalue weighted by atomic mass is 10.3. The second kappa shape index (κ2) is 5.45. The van der Waals surface area contributed by atoms with E-state index in [4.69, 9.17) is 17.3 Å². The normalized spacial score (nSPS) is 11.4. The Morgan fingerprint density at radius 1 is 1.24 bits per heavy atom. The van der Waals surface area contributed by atoms with Gasteiger partial charge in [0.2, 0.25) is 0 Å². The van der Waals surface area contributed by atoms with Gasteiger partial charge in [0.05, 0.1) is 17.1 Å². The molecule has 0 aliphatic heterocycles. The van der Waals surface area contributed by atoms with Gasteiger partial charge in [0.25, 0.3) is 10.0 Å². The summed E-state index contributed by atoms with van der Waals surface area (Å²) in [5.41, 5.74) is 5.23. The number of anilines is 2. The van der Waals surface area contributed by atoms with Gasteiger partial charge in [0, 0.05) is 6.07 Å². The smallest absolute Gasteiger partial charge is 0.264 e. The van der Waals surface area contributed by atoms with Gasteiger partial charge in [-0.1, -0.05) is 11.6 Å². The zero-order valence-corrected chi connectivity index (χ0v) is 12.3. The largest absolute Gasteiger partial charge is 0.396 e. The van der Waals surface area contributed by atoms with Gasteiger partial charge in [-0.05, 0) is 25.1 Å². The number of benzene rings is 1. The number of nitrogens with two attached hydrogens (primary N) is 1. The van der Waals surface area contributed by atoms with E-state index in [-0.39, 0.29) is 10.8 Å². The van der Waals surface area contributed by atoms with Gasteiger partial charge in [-0.3, -0.25) is 4.72 Å². The van der Waals surface area contributed by atoms with E-state index in [2.05, 4.69) is 9.71 Å². The highest BCUT2D eigenvalue weighted by Gasteiger charge is 2.22. The molecule has 0 bridgehead atoms. The molecule has 0 aliphatic rings. The van der Waals surface area contributed by atoms with Crippen LogP contribution in [0.4, 0.5) is 20.2 Å². The van der Waals surface area contributed by atoms with Crippen molar-refractivity contribution in [2.24, 2.45) is 0 Å². The van der Waals surface area contributed by atoms with Gasteiger partial charge in [0.1, 0.15) is 21.7 Å². The summed E-state index contributed by atoms with van der Waals surface area (Å²) in [6, 6.07) is 3.89. The molecule has 0 fully saturated rings. The highest BCUT2D eigenvalue weighted by atomic mass is 35.5. The number of hydrogen-bond donors (Lipinski definition) is 2. The zero-order chi connectivity index (χ0) is 15.8. The molecule has 21 heavy (non-hydrogen) atoms. The van der Waals surface area contributed by atoms with Crippen molar-refractivity contribution in [1.82, 2.24) is 4.98 Å². The summed E-state index contributed by atoms with van der Waals surface area (Å²) in [6.45, 7) is 1.53. The van der Waals surface area contributed by atoms with Crippen LogP contribution in [-0.4, -0.2) is 13.4 Å². The van der Waals surface area contributed by atoms with Crippen molar-refractivity contribution in [3.8, 4) is 0 Å². The molecular formula is C12H10ClF2N3O2S. The molecule has 9 heteroatoms. The van der Waals surface area contributed by atoms with Crippen LogP contribution in [0.1, 0.15) is 5.69 Å². The average Bonchev–Trinajstić information content (AvgIpc) is 2.37. The lowest BCUT2D eigenvalue weighted by molar-refractivity contribution is 0.553. The fourth-order valence-corrected chi connectivity index (χ4v) is 2.99. The van der Waals surface area contributed by atoms with Crippen LogP contribution in [0.3, 0.4) is 0 Å². The minimum absolute atomic E-state index is 0.127. The van der Waals surface area contributed by atoms with Crippen LogP contribution in [0.25, 0.3) is 0 Å². The van der Waals surface area contributed by atoms with Gasteiger partial charge < -0.3 is 5.73 Å². The van der Waals surface area contributed by atoms with Crippen LogP contribution in [0, 0.1) is 18.6 Å². The fourth-order valence-electron chi connectivity index (χ4n) is 1.59. The Hall–Kier alpha value is -1.93. The van der Waals surface area contributed by atoms with E-state index in [0.717, 1.165) is 0 Å². The first kappa shape index (κ1) is 15.5. The summed E-state index contributed by atoms with van der Waals surface area (Å²) in [5.74, 6) is -2.27. The van der Waals surface area contributed by atoms with Gasteiger partial charge in [-0.2, -0.15) is 0 Å². The molecular weight excluding hydrogens is 324 g/mol. The predicted molar refractivity (Wildman–Crippen MR) is 75.6 cm³/mol. The average molecular weight is 334 g/mol. The first-order valence-corrected chi connectivity index (χ1v) is 7.47. The molecule has 0 saturated carbocycles. The molecule has 1 aromatic heterocycles. The summed E-state index contributed by atoms with van der Waals surface area (Å²) in [5, 5.41) is 0.188. The van der Waals surface area contributed by atoms with Gasteiger partial charge >= 0.3 is 0 Å². The van der Waals surface area contributed by atoms with Crippen LogP contribution in [0.5, 0.6) is 0 Å². The second-order valence-electron chi connectivity index (χ2n) is 4.18. The maximum absolute atomic E-state index is 13.6. The standard InChI is InChI=1S/C12H10ClF2N3O2S/c1-6-10(2-3-12(13)17-6)18-21(19,20)11-5-9(16)7(14)4-8(11)15/h2-5,18H,16H2,1H3. The molecule has 112 valence electrons. The zero-order valence-electron chi connectivity index (χ0n) is 10.7. The number of rotatable bonds is 3. The van der Waals surface area contributed by atoms with Crippen LogP contribution in [0.2, 0.25) is 5.15 Å². The third kappa shape index (κ3) is 3.22. The molecule has 2 rings (SSSR count). The van der Waals surface area contributed by atoms with Crippen molar-refractivity contribution in [1.29, 1.82) is 0 Å². The van der Waals surface area contributed by atoms with Gasteiger partial charge in [-0.15, -0.1) is 0 Å². The monoisotopic (exact) mass is 333 g/mol. The minimum atomic E-state index is -4.27. The van der Waals surface area contributed by atoms with E-state index >= 15 is 0 Å². The molecule has 0 atom stereocenters.